The van der Waals surface area contributed by atoms with Crippen LogP contribution in [0.25, 0.3) is 0 Å². The largest absolute Gasteiger partial charge is 0.396 e. The van der Waals surface area contributed by atoms with Gasteiger partial charge in [-0.3, -0.25) is 0 Å². The average Bonchev–Trinajstić information content (AvgIpc) is 2.37. The third-order valence-corrected chi connectivity index (χ3v) is 3.23. The molecule has 0 radical (unpaired) electrons. The zero-order valence-electron chi connectivity index (χ0n) is 11.0. The molecule has 0 fully saturated rings. The highest BCUT2D eigenvalue weighted by Crippen LogP contribution is 2.17. The second kappa shape index (κ2) is 8.26. The van der Waals surface area contributed by atoms with Gasteiger partial charge in [0.15, 0.2) is 0 Å². The molecule has 2 N–H and O–H groups in total. The van der Waals surface area contributed by atoms with Gasteiger partial charge in [-0.2, -0.15) is 0 Å². The van der Waals surface area contributed by atoms with E-state index in [1.54, 1.807) is 0 Å². The number of benzene rings is 1. The molecule has 0 saturated carbocycles. The predicted molar refractivity (Wildman–Crippen MR) is 73.3 cm³/mol. The highest BCUT2D eigenvalue weighted by Gasteiger charge is 2.05. The molecule has 0 spiro atoms. The molecule has 96 valence electrons. The highest BCUT2D eigenvalue weighted by atomic mass is 16.2. The second-order valence-corrected chi connectivity index (χ2v) is 4.82. The third kappa shape index (κ3) is 5.85. The predicted octanol–water partition coefficient (Wildman–Crippen LogP) is 2.93. The first-order chi connectivity index (χ1) is 8.24. The Morgan fingerprint density at radius 2 is 1.82 bits per heavy atom. The number of nitrogens with one attached hydrogen (secondary N) is 1. The number of rotatable bonds is 8. The molecule has 0 heterocycles. The van der Waals surface area contributed by atoms with E-state index in [0.29, 0.717) is 18.6 Å². The zero-order valence-corrected chi connectivity index (χ0v) is 11.0. The van der Waals surface area contributed by atoms with E-state index in [2.05, 4.69) is 49.5 Å². The van der Waals surface area contributed by atoms with Crippen LogP contribution in [0.2, 0.25) is 0 Å². The van der Waals surface area contributed by atoms with Crippen LogP contribution in [-0.2, 0) is 0 Å². The Kier molecular flexibility index (Phi) is 6.90. The molecule has 0 aromatic heterocycles. The van der Waals surface area contributed by atoms with Crippen molar-refractivity contribution in [2.45, 2.75) is 45.1 Å². The van der Waals surface area contributed by atoms with Crippen molar-refractivity contribution in [2.24, 2.45) is 0 Å². The summed E-state index contributed by atoms with van der Waals surface area (Å²) in [5, 5.41) is 12.3. The van der Waals surface area contributed by atoms with E-state index in [-0.39, 0.29) is 0 Å². The molecule has 2 unspecified atom stereocenters. The first-order valence-corrected chi connectivity index (χ1v) is 6.63. The summed E-state index contributed by atoms with van der Waals surface area (Å²) in [6, 6.07) is 11.2. The number of aliphatic hydroxyl groups is 1. The van der Waals surface area contributed by atoms with Gasteiger partial charge in [0.25, 0.3) is 0 Å². The maximum atomic E-state index is 8.75. The normalized spacial score (nSPS) is 14.5. The van der Waals surface area contributed by atoms with Gasteiger partial charge in [-0.25, -0.2) is 0 Å². The molecule has 0 aliphatic heterocycles. The van der Waals surface area contributed by atoms with Crippen LogP contribution in [0.15, 0.2) is 30.3 Å². The standard InChI is InChI=1S/C15H25NO/c1-13(15-8-4-3-5-9-15)10-11-16-14(2)7-6-12-17/h3-5,8-9,13-14,16-17H,6-7,10-12H2,1-2H3. The monoisotopic (exact) mass is 235 g/mol. The quantitative estimate of drug-likeness (QED) is 0.726. The lowest BCUT2D eigenvalue weighted by Crippen LogP contribution is -2.27. The molecule has 2 nitrogen and oxygen atoms in total. The fourth-order valence-electron chi connectivity index (χ4n) is 1.99. The summed E-state index contributed by atoms with van der Waals surface area (Å²) >= 11 is 0. The highest BCUT2D eigenvalue weighted by molar-refractivity contribution is 5.18. The molecular weight excluding hydrogens is 210 g/mol. The Morgan fingerprint density at radius 3 is 2.47 bits per heavy atom. The average molecular weight is 235 g/mol. The fraction of sp³-hybridized carbons (Fsp3) is 0.600. The van der Waals surface area contributed by atoms with Crippen molar-refractivity contribution in [3.63, 3.8) is 0 Å². The van der Waals surface area contributed by atoms with E-state index in [9.17, 15) is 0 Å². The van der Waals surface area contributed by atoms with Crippen molar-refractivity contribution in [2.75, 3.05) is 13.2 Å². The summed E-state index contributed by atoms with van der Waals surface area (Å²) in [6.45, 7) is 5.80. The van der Waals surface area contributed by atoms with Crippen molar-refractivity contribution < 1.29 is 5.11 Å². The van der Waals surface area contributed by atoms with Gasteiger partial charge in [0, 0.05) is 12.6 Å². The van der Waals surface area contributed by atoms with E-state index in [1.165, 1.54) is 5.56 Å². The summed E-state index contributed by atoms with van der Waals surface area (Å²) in [7, 11) is 0. The van der Waals surface area contributed by atoms with Gasteiger partial charge >= 0.3 is 0 Å². The van der Waals surface area contributed by atoms with Crippen LogP contribution in [0, 0.1) is 0 Å². The molecule has 17 heavy (non-hydrogen) atoms. The Labute approximate surface area is 105 Å². The van der Waals surface area contributed by atoms with Crippen molar-refractivity contribution >= 4 is 0 Å². The van der Waals surface area contributed by atoms with E-state index in [0.717, 1.165) is 25.8 Å². The Bertz CT molecular complexity index is 286. The van der Waals surface area contributed by atoms with Crippen molar-refractivity contribution in [1.29, 1.82) is 0 Å². The maximum Gasteiger partial charge on any atom is 0.0431 e. The molecule has 2 heteroatoms. The molecule has 2 atom stereocenters. The topological polar surface area (TPSA) is 32.3 Å². The Balaban J connectivity index is 2.18. The minimum Gasteiger partial charge on any atom is -0.396 e. The zero-order chi connectivity index (χ0) is 12.5. The smallest absolute Gasteiger partial charge is 0.0431 e. The van der Waals surface area contributed by atoms with Crippen LogP contribution in [0.3, 0.4) is 0 Å². The SMILES string of the molecule is CC(CCCO)NCCC(C)c1ccccc1. The van der Waals surface area contributed by atoms with Crippen LogP contribution in [0.4, 0.5) is 0 Å². The first kappa shape index (κ1) is 14.2. The minimum absolute atomic E-state index is 0.298. The van der Waals surface area contributed by atoms with Crippen LogP contribution < -0.4 is 5.32 Å². The molecule has 1 aromatic carbocycles. The van der Waals surface area contributed by atoms with Gasteiger partial charge in [-0.15, -0.1) is 0 Å². The lowest BCUT2D eigenvalue weighted by atomic mass is 9.98. The molecule has 0 saturated heterocycles. The molecule has 0 amide bonds. The summed E-state index contributed by atoms with van der Waals surface area (Å²) in [6.07, 6.45) is 3.10. The summed E-state index contributed by atoms with van der Waals surface area (Å²) in [5.74, 6) is 0.605. The lowest BCUT2D eigenvalue weighted by molar-refractivity contribution is 0.276. The van der Waals surface area contributed by atoms with E-state index < -0.39 is 0 Å². The summed E-state index contributed by atoms with van der Waals surface area (Å²) in [5.41, 5.74) is 1.41. The molecule has 1 rings (SSSR count). The molecule has 1 aromatic rings. The Hall–Kier alpha value is -0.860. The summed E-state index contributed by atoms with van der Waals surface area (Å²) in [4.78, 5) is 0. The van der Waals surface area contributed by atoms with Gasteiger partial charge in [0.1, 0.15) is 0 Å². The Morgan fingerprint density at radius 1 is 1.12 bits per heavy atom. The van der Waals surface area contributed by atoms with Gasteiger partial charge in [-0.1, -0.05) is 37.3 Å². The van der Waals surface area contributed by atoms with Crippen molar-refractivity contribution in [3.8, 4) is 0 Å². The van der Waals surface area contributed by atoms with E-state index in [1.807, 2.05) is 0 Å². The molecule has 0 aliphatic rings. The van der Waals surface area contributed by atoms with Crippen LogP contribution in [-0.4, -0.2) is 24.3 Å². The lowest BCUT2D eigenvalue weighted by Gasteiger charge is -2.16. The number of aliphatic hydroxyl groups excluding tert-OH is 1. The second-order valence-electron chi connectivity index (χ2n) is 4.82. The number of hydrogen-bond acceptors (Lipinski definition) is 2. The van der Waals surface area contributed by atoms with Crippen molar-refractivity contribution in [1.82, 2.24) is 5.32 Å². The summed E-state index contributed by atoms with van der Waals surface area (Å²) < 4.78 is 0. The molecular formula is C15H25NO. The van der Waals surface area contributed by atoms with Crippen LogP contribution >= 0.6 is 0 Å². The minimum atomic E-state index is 0.298. The van der Waals surface area contributed by atoms with E-state index >= 15 is 0 Å². The third-order valence-electron chi connectivity index (χ3n) is 3.23. The van der Waals surface area contributed by atoms with Crippen LogP contribution in [0.1, 0.15) is 44.6 Å². The first-order valence-electron chi connectivity index (χ1n) is 6.63. The van der Waals surface area contributed by atoms with Crippen molar-refractivity contribution in [3.05, 3.63) is 35.9 Å². The maximum absolute atomic E-state index is 8.75. The van der Waals surface area contributed by atoms with Gasteiger partial charge in [0.2, 0.25) is 0 Å². The molecule has 0 bridgehead atoms. The van der Waals surface area contributed by atoms with Gasteiger partial charge in [0.05, 0.1) is 0 Å². The van der Waals surface area contributed by atoms with Gasteiger partial charge < -0.3 is 10.4 Å². The van der Waals surface area contributed by atoms with E-state index in [4.69, 9.17) is 5.11 Å². The fourth-order valence-corrected chi connectivity index (χ4v) is 1.99. The van der Waals surface area contributed by atoms with Crippen LogP contribution in [0.5, 0.6) is 0 Å². The molecule has 0 aliphatic carbocycles. The van der Waals surface area contributed by atoms with Gasteiger partial charge in [-0.05, 0) is 44.2 Å². The number of hydrogen-bond donors (Lipinski definition) is 2.